The zero-order valence-corrected chi connectivity index (χ0v) is 16.0. The van der Waals surface area contributed by atoms with Gasteiger partial charge in [-0.15, -0.1) is 0 Å². The van der Waals surface area contributed by atoms with Gasteiger partial charge in [-0.1, -0.05) is 66.2 Å². The number of hydrogen-bond donors (Lipinski definition) is 1. The number of aliphatic hydroxyl groups excluding tert-OH is 1. The first-order chi connectivity index (χ1) is 13.5. The van der Waals surface area contributed by atoms with Crippen LogP contribution >= 0.6 is 0 Å². The van der Waals surface area contributed by atoms with Gasteiger partial charge < -0.3 is 14.7 Å². The highest BCUT2D eigenvalue weighted by Crippen LogP contribution is 2.37. The third kappa shape index (κ3) is 4.05. The summed E-state index contributed by atoms with van der Waals surface area (Å²) in [7, 11) is 1.55. The summed E-state index contributed by atoms with van der Waals surface area (Å²) in [6.45, 7) is 2.55. The number of allylic oxidation sites excluding steroid dienone is 1. The van der Waals surface area contributed by atoms with Crippen LogP contribution in [0.3, 0.4) is 0 Å². The predicted molar refractivity (Wildman–Crippen MR) is 108 cm³/mol. The van der Waals surface area contributed by atoms with E-state index in [1.54, 1.807) is 13.2 Å². The summed E-state index contributed by atoms with van der Waals surface area (Å²) in [5.41, 5.74) is 2.80. The van der Waals surface area contributed by atoms with E-state index < -0.39 is 17.7 Å². The summed E-state index contributed by atoms with van der Waals surface area (Å²) in [5.74, 6) is -1.44. The predicted octanol–water partition coefficient (Wildman–Crippen LogP) is 3.62. The number of aryl methyl sites for hydroxylation is 1. The number of benzene rings is 2. The fraction of sp³-hybridized carbons (Fsp3) is 0.217. The summed E-state index contributed by atoms with van der Waals surface area (Å²) < 4.78 is 5.10. The molecular formula is C23H23NO4. The van der Waals surface area contributed by atoms with Crippen LogP contribution in [0, 0.1) is 6.92 Å². The lowest BCUT2D eigenvalue weighted by Gasteiger charge is -2.26. The smallest absolute Gasteiger partial charge is 0.290 e. The molecular weight excluding hydrogens is 354 g/mol. The second-order valence-electron chi connectivity index (χ2n) is 6.68. The van der Waals surface area contributed by atoms with Crippen LogP contribution in [0.5, 0.6) is 0 Å². The number of rotatable bonds is 7. The summed E-state index contributed by atoms with van der Waals surface area (Å²) in [6, 6.07) is 16.3. The monoisotopic (exact) mass is 377 g/mol. The van der Waals surface area contributed by atoms with Crippen molar-refractivity contribution in [1.82, 2.24) is 4.90 Å². The van der Waals surface area contributed by atoms with Crippen molar-refractivity contribution in [2.24, 2.45) is 0 Å². The van der Waals surface area contributed by atoms with Crippen LogP contribution in [-0.2, 0) is 14.3 Å². The number of carbonyl (C=O) groups excluding carboxylic acids is 2. The van der Waals surface area contributed by atoms with Crippen LogP contribution in [0.4, 0.5) is 0 Å². The van der Waals surface area contributed by atoms with E-state index in [2.05, 4.69) is 0 Å². The van der Waals surface area contributed by atoms with Gasteiger partial charge in [-0.3, -0.25) is 9.59 Å². The van der Waals surface area contributed by atoms with E-state index in [-0.39, 0.29) is 17.9 Å². The van der Waals surface area contributed by atoms with E-state index in [0.717, 1.165) is 16.7 Å². The molecule has 1 heterocycles. The Morgan fingerprint density at radius 1 is 1.14 bits per heavy atom. The number of carbonyl (C=O) groups is 2. The molecule has 2 aromatic rings. The van der Waals surface area contributed by atoms with Crippen LogP contribution in [0.25, 0.3) is 6.08 Å². The van der Waals surface area contributed by atoms with Gasteiger partial charge in [0.05, 0.1) is 18.2 Å². The summed E-state index contributed by atoms with van der Waals surface area (Å²) in [6.07, 6.45) is 3.08. The average Bonchev–Trinajstić information content (AvgIpc) is 2.96. The number of nitrogens with zero attached hydrogens (tertiary/aromatic N) is 1. The highest BCUT2D eigenvalue weighted by Gasteiger charge is 2.42. The molecule has 5 nitrogen and oxygen atoms in total. The van der Waals surface area contributed by atoms with E-state index >= 15 is 0 Å². The molecule has 1 atom stereocenters. The quantitative estimate of drug-likeness (QED) is 0.749. The Kier molecular flexibility index (Phi) is 6.06. The highest BCUT2D eigenvalue weighted by molar-refractivity contribution is 6.14. The van der Waals surface area contributed by atoms with E-state index in [1.807, 2.05) is 61.5 Å². The molecule has 0 saturated carbocycles. The largest absolute Gasteiger partial charge is 0.503 e. The van der Waals surface area contributed by atoms with Crippen molar-refractivity contribution in [3.05, 3.63) is 88.7 Å². The third-order valence-corrected chi connectivity index (χ3v) is 4.73. The molecule has 2 aromatic carbocycles. The van der Waals surface area contributed by atoms with Crippen molar-refractivity contribution < 1.29 is 19.4 Å². The van der Waals surface area contributed by atoms with Crippen molar-refractivity contribution in [2.45, 2.75) is 13.0 Å². The van der Waals surface area contributed by atoms with E-state index in [0.29, 0.717) is 6.61 Å². The summed E-state index contributed by atoms with van der Waals surface area (Å²) in [4.78, 5) is 27.0. The van der Waals surface area contributed by atoms with Crippen molar-refractivity contribution in [1.29, 1.82) is 0 Å². The van der Waals surface area contributed by atoms with Gasteiger partial charge in [0.1, 0.15) is 0 Å². The second kappa shape index (κ2) is 8.67. The number of aliphatic hydroxyl groups is 1. The number of methoxy groups -OCH3 is 1. The van der Waals surface area contributed by atoms with Crippen LogP contribution in [0.15, 0.2) is 72.0 Å². The van der Waals surface area contributed by atoms with Gasteiger partial charge in [0.25, 0.3) is 5.91 Å². The van der Waals surface area contributed by atoms with Gasteiger partial charge in [0.2, 0.25) is 0 Å². The normalized spacial score (nSPS) is 17.0. The Morgan fingerprint density at radius 3 is 2.46 bits per heavy atom. The highest BCUT2D eigenvalue weighted by atomic mass is 16.5. The minimum atomic E-state index is -0.642. The molecule has 0 aromatic heterocycles. The first-order valence-corrected chi connectivity index (χ1v) is 9.10. The first kappa shape index (κ1) is 19.6. The van der Waals surface area contributed by atoms with E-state index in [9.17, 15) is 14.7 Å². The number of ketones is 1. The van der Waals surface area contributed by atoms with Crippen LogP contribution in [0.1, 0.15) is 22.7 Å². The van der Waals surface area contributed by atoms with Gasteiger partial charge in [-0.2, -0.15) is 0 Å². The number of ether oxygens (including phenoxy) is 1. The molecule has 28 heavy (non-hydrogen) atoms. The van der Waals surface area contributed by atoms with Crippen molar-refractivity contribution in [3.8, 4) is 0 Å². The maximum atomic E-state index is 12.9. The molecule has 1 aliphatic rings. The summed E-state index contributed by atoms with van der Waals surface area (Å²) >= 11 is 0. The standard InChI is InChI=1S/C23H23NO4/c1-16-8-11-18(12-9-16)21-20(22(26)23(27)24(21)14-15-28-2)19(25)13-10-17-6-4-3-5-7-17/h3-13,21,26H,14-15H2,1-2H3. The molecule has 0 fully saturated rings. The summed E-state index contributed by atoms with van der Waals surface area (Å²) in [5, 5.41) is 10.5. The molecule has 0 saturated heterocycles. The van der Waals surface area contributed by atoms with Crippen LogP contribution in [-0.4, -0.2) is 42.0 Å². The maximum absolute atomic E-state index is 12.9. The van der Waals surface area contributed by atoms with E-state index in [4.69, 9.17) is 4.74 Å². The van der Waals surface area contributed by atoms with Crippen molar-refractivity contribution >= 4 is 17.8 Å². The molecule has 1 N–H and O–H groups in total. The van der Waals surface area contributed by atoms with Gasteiger partial charge in [0.15, 0.2) is 11.5 Å². The fourth-order valence-corrected chi connectivity index (χ4v) is 3.25. The number of amides is 1. The minimum Gasteiger partial charge on any atom is -0.503 e. The molecule has 0 spiro atoms. The molecule has 1 aliphatic heterocycles. The SMILES string of the molecule is COCCN1C(=O)C(O)=C(C(=O)C=Cc2ccccc2)C1c1ccc(C)cc1. The molecule has 3 rings (SSSR count). The van der Waals surface area contributed by atoms with Crippen molar-refractivity contribution in [3.63, 3.8) is 0 Å². The Hall–Kier alpha value is -3.18. The van der Waals surface area contributed by atoms with E-state index in [1.165, 1.54) is 11.0 Å². The first-order valence-electron chi connectivity index (χ1n) is 9.10. The van der Waals surface area contributed by atoms with Gasteiger partial charge in [-0.25, -0.2) is 0 Å². The lowest BCUT2D eigenvalue weighted by molar-refractivity contribution is -0.130. The number of hydrogen-bond acceptors (Lipinski definition) is 4. The average molecular weight is 377 g/mol. The Balaban J connectivity index is 1.97. The zero-order valence-electron chi connectivity index (χ0n) is 16.0. The van der Waals surface area contributed by atoms with Crippen LogP contribution < -0.4 is 0 Å². The van der Waals surface area contributed by atoms with Gasteiger partial charge >= 0.3 is 0 Å². The van der Waals surface area contributed by atoms with Crippen LogP contribution in [0.2, 0.25) is 0 Å². The molecule has 0 aliphatic carbocycles. The second-order valence-corrected chi connectivity index (χ2v) is 6.68. The topological polar surface area (TPSA) is 66.8 Å². The molecule has 1 unspecified atom stereocenters. The van der Waals surface area contributed by atoms with Crippen molar-refractivity contribution in [2.75, 3.05) is 20.3 Å². The Morgan fingerprint density at radius 2 is 1.82 bits per heavy atom. The maximum Gasteiger partial charge on any atom is 0.290 e. The third-order valence-electron chi connectivity index (χ3n) is 4.73. The molecule has 0 bridgehead atoms. The fourth-order valence-electron chi connectivity index (χ4n) is 3.25. The zero-order chi connectivity index (χ0) is 20.1. The lowest BCUT2D eigenvalue weighted by atomic mass is 9.95. The Bertz CT molecular complexity index is 913. The van der Waals surface area contributed by atoms with Gasteiger partial charge in [0, 0.05) is 13.7 Å². The van der Waals surface area contributed by atoms with Gasteiger partial charge in [-0.05, 0) is 24.1 Å². The molecule has 5 heteroatoms. The minimum absolute atomic E-state index is 0.0946. The molecule has 1 amide bonds. The molecule has 144 valence electrons. The lowest BCUT2D eigenvalue weighted by Crippen LogP contribution is -2.33. The molecule has 0 radical (unpaired) electrons. The Labute approximate surface area is 164 Å².